The van der Waals surface area contributed by atoms with Crippen LogP contribution in [0.2, 0.25) is 0 Å². The average molecular weight is 415 g/mol. The Labute approximate surface area is 183 Å². The maximum absolute atomic E-state index is 11.8. The van der Waals surface area contributed by atoms with Crippen molar-refractivity contribution in [3.63, 3.8) is 0 Å². The lowest BCUT2D eigenvalue weighted by atomic mass is 9.96. The maximum Gasteiger partial charge on any atom is 0.148 e. The van der Waals surface area contributed by atoms with Crippen LogP contribution in [-0.4, -0.2) is 25.1 Å². The van der Waals surface area contributed by atoms with Gasteiger partial charge in [0.25, 0.3) is 0 Å². The molecular formula is C27H26O4. The first-order valence-corrected chi connectivity index (χ1v) is 10.5. The van der Waals surface area contributed by atoms with Gasteiger partial charge in [0.15, 0.2) is 0 Å². The predicted octanol–water partition coefficient (Wildman–Crippen LogP) is 5.05. The molecular weight excluding hydrogens is 388 g/mol. The van der Waals surface area contributed by atoms with Gasteiger partial charge < -0.3 is 14.2 Å². The fourth-order valence-corrected chi connectivity index (χ4v) is 3.64. The molecule has 1 aliphatic heterocycles. The molecule has 0 bridgehead atoms. The average Bonchev–Trinajstić information content (AvgIpc) is 2.84. The molecule has 3 aromatic carbocycles. The number of carbonyl (C=O) groups excluding carboxylic acids is 1. The lowest BCUT2D eigenvalue weighted by molar-refractivity contribution is -0.129. The summed E-state index contributed by atoms with van der Waals surface area (Å²) in [5, 5.41) is 0. The first kappa shape index (κ1) is 21.2. The van der Waals surface area contributed by atoms with Crippen molar-refractivity contribution in [2.75, 3.05) is 6.61 Å². The predicted molar refractivity (Wildman–Crippen MR) is 119 cm³/mol. The first-order chi connectivity index (χ1) is 15.3. The molecule has 0 saturated heterocycles. The van der Waals surface area contributed by atoms with Gasteiger partial charge in [-0.2, -0.15) is 0 Å². The molecule has 1 aliphatic rings. The molecule has 0 unspecified atom stereocenters. The highest BCUT2D eigenvalue weighted by molar-refractivity contribution is 5.76. The number of hydrogen-bond acceptors (Lipinski definition) is 4. The number of hydrogen-bond donors (Lipinski definition) is 0. The molecule has 4 rings (SSSR count). The summed E-state index contributed by atoms with van der Waals surface area (Å²) in [5.41, 5.74) is 3.68. The van der Waals surface area contributed by atoms with E-state index in [1.807, 2.05) is 97.1 Å². The Balaban J connectivity index is 1.50. The Bertz CT molecular complexity index is 970. The summed E-state index contributed by atoms with van der Waals surface area (Å²) in [6.45, 7) is 1.29. The minimum absolute atomic E-state index is 0.332. The van der Waals surface area contributed by atoms with Crippen molar-refractivity contribution in [2.24, 2.45) is 0 Å². The number of carbonyl (C=O) groups is 1. The third kappa shape index (κ3) is 5.76. The minimum Gasteiger partial charge on any atom is -0.374 e. The molecule has 0 fully saturated rings. The van der Waals surface area contributed by atoms with Crippen molar-refractivity contribution in [3.8, 4) is 0 Å². The topological polar surface area (TPSA) is 44.8 Å². The van der Waals surface area contributed by atoms with E-state index in [0.29, 0.717) is 25.4 Å². The van der Waals surface area contributed by atoms with Crippen LogP contribution in [-0.2, 0) is 32.2 Å². The van der Waals surface area contributed by atoms with Crippen molar-refractivity contribution in [1.82, 2.24) is 0 Å². The largest absolute Gasteiger partial charge is 0.374 e. The van der Waals surface area contributed by atoms with E-state index < -0.39 is 6.10 Å². The van der Waals surface area contributed by atoms with Crippen LogP contribution in [0.5, 0.6) is 0 Å². The molecule has 3 aromatic rings. The van der Waals surface area contributed by atoms with Gasteiger partial charge in [0.1, 0.15) is 24.6 Å². The lowest BCUT2D eigenvalue weighted by Crippen LogP contribution is -2.39. The van der Waals surface area contributed by atoms with Crippen molar-refractivity contribution in [2.45, 2.75) is 31.5 Å². The SMILES string of the molecule is O=CC1=C[C@H](OCc2ccccc2)[C@@H](COCc2ccccc2)O[C@@H]1c1ccccc1. The smallest absolute Gasteiger partial charge is 0.148 e. The zero-order chi connectivity index (χ0) is 21.3. The molecule has 1 heterocycles. The molecule has 3 atom stereocenters. The van der Waals surface area contributed by atoms with Crippen LogP contribution in [0.15, 0.2) is 103 Å². The molecule has 4 nitrogen and oxygen atoms in total. The number of benzene rings is 3. The molecule has 0 N–H and O–H groups in total. The Morgan fingerprint density at radius 3 is 1.97 bits per heavy atom. The van der Waals surface area contributed by atoms with E-state index >= 15 is 0 Å². The molecule has 0 radical (unpaired) electrons. The van der Waals surface area contributed by atoms with Crippen LogP contribution in [0.1, 0.15) is 22.8 Å². The van der Waals surface area contributed by atoms with Gasteiger partial charge in [-0.3, -0.25) is 4.79 Å². The van der Waals surface area contributed by atoms with Gasteiger partial charge in [-0.15, -0.1) is 0 Å². The lowest BCUT2D eigenvalue weighted by Gasteiger charge is -2.34. The molecule has 0 spiro atoms. The summed E-state index contributed by atoms with van der Waals surface area (Å²) in [7, 11) is 0. The van der Waals surface area contributed by atoms with Gasteiger partial charge in [0.05, 0.1) is 19.8 Å². The van der Waals surface area contributed by atoms with Gasteiger partial charge in [0, 0.05) is 5.57 Å². The second-order valence-corrected chi connectivity index (χ2v) is 7.51. The summed E-state index contributed by atoms with van der Waals surface area (Å²) in [5.74, 6) is 0. The number of aldehydes is 1. The highest BCUT2D eigenvalue weighted by Gasteiger charge is 2.33. The fourth-order valence-electron chi connectivity index (χ4n) is 3.64. The second-order valence-electron chi connectivity index (χ2n) is 7.51. The van der Waals surface area contributed by atoms with E-state index in [1.165, 1.54) is 0 Å². The van der Waals surface area contributed by atoms with E-state index in [2.05, 4.69) is 0 Å². The molecule has 0 amide bonds. The zero-order valence-electron chi connectivity index (χ0n) is 17.3. The van der Waals surface area contributed by atoms with Crippen LogP contribution in [0.3, 0.4) is 0 Å². The van der Waals surface area contributed by atoms with Gasteiger partial charge in [-0.25, -0.2) is 0 Å². The van der Waals surface area contributed by atoms with Gasteiger partial charge in [-0.05, 0) is 22.8 Å². The van der Waals surface area contributed by atoms with Crippen molar-refractivity contribution in [1.29, 1.82) is 0 Å². The number of rotatable bonds is 9. The monoisotopic (exact) mass is 414 g/mol. The van der Waals surface area contributed by atoms with Crippen LogP contribution in [0.4, 0.5) is 0 Å². The Kier molecular flexibility index (Phi) is 7.40. The van der Waals surface area contributed by atoms with E-state index in [0.717, 1.165) is 23.0 Å². The van der Waals surface area contributed by atoms with Crippen LogP contribution < -0.4 is 0 Å². The minimum atomic E-state index is -0.430. The maximum atomic E-state index is 11.8. The van der Waals surface area contributed by atoms with Gasteiger partial charge in [0.2, 0.25) is 0 Å². The first-order valence-electron chi connectivity index (χ1n) is 10.5. The molecule has 4 heteroatoms. The fraction of sp³-hybridized carbons (Fsp3) is 0.222. The van der Waals surface area contributed by atoms with E-state index in [-0.39, 0.29) is 12.2 Å². The molecule has 0 saturated carbocycles. The van der Waals surface area contributed by atoms with Crippen LogP contribution >= 0.6 is 0 Å². The van der Waals surface area contributed by atoms with Crippen molar-refractivity contribution in [3.05, 3.63) is 119 Å². The van der Waals surface area contributed by atoms with Gasteiger partial charge >= 0.3 is 0 Å². The molecule has 0 aromatic heterocycles. The highest BCUT2D eigenvalue weighted by Crippen LogP contribution is 2.33. The Morgan fingerprint density at radius 1 is 0.774 bits per heavy atom. The van der Waals surface area contributed by atoms with E-state index in [4.69, 9.17) is 14.2 Å². The third-order valence-corrected chi connectivity index (χ3v) is 5.25. The Hall–Kier alpha value is -3.05. The van der Waals surface area contributed by atoms with Crippen molar-refractivity contribution >= 4 is 6.29 Å². The van der Waals surface area contributed by atoms with Crippen LogP contribution in [0, 0.1) is 0 Å². The zero-order valence-corrected chi connectivity index (χ0v) is 17.3. The quantitative estimate of drug-likeness (QED) is 0.460. The Morgan fingerprint density at radius 2 is 1.35 bits per heavy atom. The number of ether oxygens (including phenoxy) is 3. The molecule has 158 valence electrons. The standard InChI is InChI=1S/C27H26O4/c28-17-24-16-25(30-19-22-12-6-2-7-13-22)26(20-29-18-21-10-4-1-5-11-21)31-27(24)23-14-8-3-9-15-23/h1-17,25-27H,18-20H2/t25-,26+,27+/m0/s1. The summed E-state index contributed by atoms with van der Waals surface area (Å²) < 4.78 is 18.5. The van der Waals surface area contributed by atoms with Crippen LogP contribution in [0.25, 0.3) is 0 Å². The summed E-state index contributed by atoms with van der Waals surface area (Å²) in [4.78, 5) is 11.8. The van der Waals surface area contributed by atoms with E-state index in [1.54, 1.807) is 0 Å². The van der Waals surface area contributed by atoms with E-state index in [9.17, 15) is 4.79 Å². The van der Waals surface area contributed by atoms with Crippen molar-refractivity contribution < 1.29 is 19.0 Å². The summed E-state index contributed by atoms with van der Waals surface area (Å²) >= 11 is 0. The second kappa shape index (κ2) is 10.8. The summed E-state index contributed by atoms with van der Waals surface area (Å²) in [6.07, 6.45) is 1.60. The summed E-state index contributed by atoms with van der Waals surface area (Å²) in [6, 6.07) is 29.8. The third-order valence-electron chi connectivity index (χ3n) is 5.25. The normalized spacial score (nSPS) is 20.8. The van der Waals surface area contributed by atoms with Gasteiger partial charge in [-0.1, -0.05) is 91.0 Å². The molecule has 0 aliphatic carbocycles. The highest BCUT2D eigenvalue weighted by atomic mass is 16.6. The molecule has 31 heavy (non-hydrogen) atoms.